The maximum absolute atomic E-state index is 14.4. The highest BCUT2D eigenvalue weighted by Crippen LogP contribution is 2.27. The molecule has 2 amide bonds. The zero-order valence-corrected chi connectivity index (χ0v) is 25.5. The molecule has 0 fully saturated rings. The number of nitrogens with zero attached hydrogens (tertiary/aromatic N) is 2. The van der Waals surface area contributed by atoms with Gasteiger partial charge in [0.15, 0.2) is 0 Å². The first kappa shape index (κ1) is 31.3. The lowest BCUT2D eigenvalue weighted by Gasteiger charge is -2.34. The third-order valence-corrected chi connectivity index (χ3v) is 8.85. The first-order valence-electron chi connectivity index (χ1n) is 14.1. The van der Waals surface area contributed by atoms with Gasteiger partial charge in [-0.2, -0.15) is 0 Å². The average Bonchev–Trinajstić information content (AvgIpc) is 3.03. The van der Waals surface area contributed by atoms with E-state index in [1.165, 1.54) is 24.1 Å². The van der Waals surface area contributed by atoms with Crippen LogP contribution >= 0.6 is 0 Å². The summed E-state index contributed by atoms with van der Waals surface area (Å²) in [5, 5.41) is 2.87. The minimum absolute atomic E-state index is 0.0493. The van der Waals surface area contributed by atoms with E-state index >= 15 is 0 Å². The molecule has 0 saturated heterocycles. The number of rotatable bonds is 13. The minimum atomic E-state index is -4.15. The smallest absolute Gasteiger partial charge is 0.264 e. The van der Waals surface area contributed by atoms with Gasteiger partial charge in [0.25, 0.3) is 10.0 Å². The van der Waals surface area contributed by atoms with Crippen molar-refractivity contribution in [2.24, 2.45) is 0 Å². The van der Waals surface area contributed by atoms with Crippen molar-refractivity contribution < 1.29 is 22.7 Å². The number of aryl methyl sites for hydroxylation is 1. The summed E-state index contributed by atoms with van der Waals surface area (Å²) in [5.74, 6) is -0.274. The van der Waals surface area contributed by atoms with Crippen LogP contribution in [0.2, 0.25) is 0 Å². The van der Waals surface area contributed by atoms with Crippen molar-refractivity contribution in [3.8, 4) is 5.75 Å². The molecule has 4 aromatic carbocycles. The third kappa shape index (κ3) is 8.02. The Morgan fingerprint density at radius 2 is 1.42 bits per heavy atom. The number of carbonyl (C=O) groups excluding carboxylic acids is 2. The number of hydrogen-bond acceptors (Lipinski definition) is 5. The van der Waals surface area contributed by atoms with Crippen molar-refractivity contribution in [3.63, 3.8) is 0 Å². The quantitative estimate of drug-likeness (QED) is 0.234. The average molecular weight is 600 g/mol. The number of amides is 2. The van der Waals surface area contributed by atoms with Crippen LogP contribution in [0.5, 0.6) is 5.75 Å². The van der Waals surface area contributed by atoms with Gasteiger partial charge < -0.3 is 15.0 Å². The lowest BCUT2D eigenvalue weighted by atomic mass is 10.0. The van der Waals surface area contributed by atoms with E-state index in [1.807, 2.05) is 68.4 Å². The monoisotopic (exact) mass is 599 g/mol. The second-order valence-electron chi connectivity index (χ2n) is 10.1. The minimum Gasteiger partial charge on any atom is -0.497 e. The van der Waals surface area contributed by atoms with Gasteiger partial charge in [-0.15, -0.1) is 0 Å². The van der Waals surface area contributed by atoms with Crippen LogP contribution in [0, 0.1) is 6.92 Å². The van der Waals surface area contributed by atoms with Crippen LogP contribution in [0.4, 0.5) is 5.69 Å². The van der Waals surface area contributed by atoms with Crippen molar-refractivity contribution in [2.45, 2.75) is 37.8 Å². The number of nitrogens with one attached hydrogen (secondary N) is 1. The molecule has 0 saturated carbocycles. The Morgan fingerprint density at radius 3 is 2.00 bits per heavy atom. The standard InChI is InChI=1S/C34H37N3O5S/c1-4-35-34(39)32(23-27-11-7-5-8-12-27)36(24-28-17-15-26(2)16-18-28)33(38)25-37(29-19-21-30(42-3)22-20-29)43(40,41)31-13-9-6-10-14-31/h5-22,32H,4,23-25H2,1-3H3,(H,35,39)/t32-/m1/s1. The van der Waals surface area contributed by atoms with Gasteiger partial charge in [0.1, 0.15) is 18.3 Å². The Morgan fingerprint density at radius 1 is 0.814 bits per heavy atom. The van der Waals surface area contributed by atoms with Gasteiger partial charge in [-0.1, -0.05) is 78.4 Å². The fourth-order valence-corrected chi connectivity index (χ4v) is 6.17. The number of carbonyl (C=O) groups is 2. The van der Waals surface area contributed by atoms with E-state index in [4.69, 9.17) is 4.74 Å². The molecule has 0 aromatic heterocycles. The molecular formula is C34H37N3O5S. The maximum Gasteiger partial charge on any atom is 0.264 e. The molecule has 43 heavy (non-hydrogen) atoms. The predicted molar refractivity (Wildman–Crippen MR) is 168 cm³/mol. The SMILES string of the molecule is CCNC(=O)[C@@H](Cc1ccccc1)N(Cc1ccc(C)cc1)C(=O)CN(c1ccc(OC)cc1)S(=O)(=O)c1ccccc1. The van der Waals surface area contributed by atoms with Gasteiger partial charge in [0.05, 0.1) is 17.7 Å². The summed E-state index contributed by atoms with van der Waals surface area (Å²) in [6.45, 7) is 3.79. The molecule has 0 bridgehead atoms. The van der Waals surface area contributed by atoms with Gasteiger partial charge in [0.2, 0.25) is 11.8 Å². The van der Waals surface area contributed by atoms with Crippen molar-refractivity contribution in [2.75, 3.05) is 24.5 Å². The Hall–Kier alpha value is -4.63. The fourth-order valence-electron chi connectivity index (χ4n) is 4.73. The molecule has 0 radical (unpaired) electrons. The highest BCUT2D eigenvalue weighted by molar-refractivity contribution is 7.92. The summed E-state index contributed by atoms with van der Waals surface area (Å²) in [7, 11) is -2.63. The van der Waals surface area contributed by atoms with E-state index in [0.29, 0.717) is 18.0 Å². The lowest BCUT2D eigenvalue weighted by Crippen LogP contribution is -2.53. The number of hydrogen-bond donors (Lipinski definition) is 1. The van der Waals surface area contributed by atoms with Gasteiger partial charge in [-0.3, -0.25) is 13.9 Å². The summed E-state index contributed by atoms with van der Waals surface area (Å²) in [6, 6.07) is 30.8. The van der Waals surface area contributed by atoms with E-state index < -0.39 is 28.5 Å². The first-order chi connectivity index (χ1) is 20.7. The molecule has 1 atom stereocenters. The molecule has 4 aromatic rings. The highest BCUT2D eigenvalue weighted by Gasteiger charge is 2.34. The van der Waals surface area contributed by atoms with Crippen molar-refractivity contribution in [3.05, 3.63) is 126 Å². The lowest BCUT2D eigenvalue weighted by molar-refractivity contribution is -0.140. The zero-order chi connectivity index (χ0) is 30.8. The molecule has 8 nitrogen and oxygen atoms in total. The van der Waals surface area contributed by atoms with E-state index in [2.05, 4.69) is 5.32 Å². The molecule has 0 heterocycles. The van der Waals surface area contributed by atoms with Crippen LogP contribution < -0.4 is 14.4 Å². The van der Waals surface area contributed by atoms with E-state index in [-0.39, 0.29) is 23.8 Å². The topological polar surface area (TPSA) is 96.0 Å². The first-order valence-corrected chi connectivity index (χ1v) is 15.6. The molecular weight excluding hydrogens is 562 g/mol. The van der Waals surface area contributed by atoms with Crippen LogP contribution in [0.1, 0.15) is 23.6 Å². The van der Waals surface area contributed by atoms with Crippen molar-refractivity contribution in [1.29, 1.82) is 0 Å². The van der Waals surface area contributed by atoms with E-state index in [0.717, 1.165) is 21.0 Å². The molecule has 0 aliphatic rings. The number of benzene rings is 4. The van der Waals surface area contributed by atoms with Crippen LogP contribution in [0.15, 0.2) is 114 Å². The maximum atomic E-state index is 14.4. The number of methoxy groups -OCH3 is 1. The second kappa shape index (κ2) is 14.5. The zero-order valence-electron chi connectivity index (χ0n) is 24.6. The third-order valence-electron chi connectivity index (χ3n) is 7.07. The Kier molecular flexibility index (Phi) is 10.6. The summed E-state index contributed by atoms with van der Waals surface area (Å²) < 4.78 is 34.3. The summed E-state index contributed by atoms with van der Waals surface area (Å²) in [6.07, 6.45) is 0.262. The van der Waals surface area contributed by atoms with Crippen LogP contribution in [-0.4, -0.2) is 51.4 Å². The number of ether oxygens (including phenoxy) is 1. The Bertz CT molecular complexity index is 1590. The highest BCUT2D eigenvalue weighted by atomic mass is 32.2. The van der Waals surface area contributed by atoms with Crippen molar-refractivity contribution >= 4 is 27.5 Å². The van der Waals surface area contributed by atoms with E-state index in [9.17, 15) is 18.0 Å². The molecule has 4 rings (SSSR count). The van der Waals surface area contributed by atoms with Gasteiger partial charge in [0, 0.05) is 19.5 Å². The van der Waals surface area contributed by atoms with Crippen molar-refractivity contribution in [1.82, 2.24) is 10.2 Å². The second-order valence-corrected chi connectivity index (χ2v) is 12.0. The molecule has 0 aliphatic carbocycles. The summed E-state index contributed by atoms with van der Waals surface area (Å²) >= 11 is 0. The van der Waals surface area contributed by atoms with Crippen LogP contribution in [-0.2, 0) is 32.6 Å². The Balaban J connectivity index is 1.78. The number of anilines is 1. The predicted octanol–water partition coefficient (Wildman–Crippen LogP) is 4.98. The summed E-state index contributed by atoms with van der Waals surface area (Å²) in [5.41, 5.74) is 3.06. The molecule has 0 aliphatic heterocycles. The van der Waals surface area contributed by atoms with Crippen LogP contribution in [0.25, 0.3) is 0 Å². The van der Waals surface area contributed by atoms with Gasteiger partial charge in [-0.25, -0.2) is 8.42 Å². The largest absolute Gasteiger partial charge is 0.497 e. The molecule has 9 heteroatoms. The van der Waals surface area contributed by atoms with Gasteiger partial charge in [-0.05, 0) is 61.4 Å². The fraction of sp³-hybridized carbons (Fsp3) is 0.235. The molecule has 224 valence electrons. The molecule has 1 N–H and O–H groups in total. The van der Waals surface area contributed by atoms with E-state index in [1.54, 1.807) is 42.5 Å². The Labute approximate surface area is 254 Å². The number of likely N-dealkylation sites (N-methyl/N-ethyl adjacent to an activating group) is 1. The molecule has 0 spiro atoms. The van der Waals surface area contributed by atoms with Crippen LogP contribution in [0.3, 0.4) is 0 Å². The normalized spacial score (nSPS) is 11.8. The molecule has 0 unspecified atom stereocenters. The van der Waals surface area contributed by atoms with Gasteiger partial charge >= 0.3 is 0 Å². The summed E-state index contributed by atoms with van der Waals surface area (Å²) in [4.78, 5) is 29.4. The number of sulfonamides is 1.